The van der Waals surface area contributed by atoms with Gasteiger partial charge >= 0.3 is 11.9 Å². The predicted octanol–water partition coefficient (Wildman–Crippen LogP) is 8.36. The van der Waals surface area contributed by atoms with Gasteiger partial charge in [0.1, 0.15) is 27.2 Å². The van der Waals surface area contributed by atoms with E-state index in [1.54, 1.807) is 60.7 Å². The maximum Gasteiger partial charge on any atom is 0.335 e. The summed E-state index contributed by atoms with van der Waals surface area (Å²) in [6.07, 6.45) is 2.30. The van der Waals surface area contributed by atoms with E-state index in [0.29, 0.717) is 37.4 Å². The molecule has 0 aliphatic rings. The first-order valence-corrected chi connectivity index (χ1v) is 20.1. The molecular weight excluding hydrogens is 782 g/mol. The van der Waals surface area contributed by atoms with Gasteiger partial charge in [-0.2, -0.15) is 0 Å². The van der Waals surface area contributed by atoms with E-state index in [9.17, 15) is 39.6 Å². The molecule has 0 aliphatic heterocycles. The third kappa shape index (κ3) is 11.8. The summed E-state index contributed by atoms with van der Waals surface area (Å²) in [5.41, 5.74) is 4.39. The lowest BCUT2D eigenvalue weighted by Gasteiger charge is -2.10. The zero-order chi connectivity index (χ0) is 41.2. The molecule has 0 unspecified atom stereocenters. The predicted molar refractivity (Wildman–Crippen MR) is 209 cm³/mol. The Balaban J connectivity index is 0.000000218. The van der Waals surface area contributed by atoms with Crippen molar-refractivity contribution in [1.29, 1.82) is 0 Å². The molecule has 0 saturated carbocycles. The summed E-state index contributed by atoms with van der Waals surface area (Å²) in [5, 5.41) is 18.1. The number of hydrogen-bond acceptors (Lipinski definition) is 6. The van der Waals surface area contributed by atoms with Gasteiger partial charge < -0.3 is 10.2 Å². The van der Waals surface area contributed by atoms with E-state index in [0.717, 1.165) is 40.5 Å². The Bertz CT molecular complexity index is 2640. The highest BCUT2D eigenvalue weighted by Gasteiger charge is 2.20. The first kappa shape index (κ1) is 41.7. The minimum absolute atomic E-state index is 0.199. The Hall–Kier alpha value is -6.45. The minimum atomic E-state index is -4.22. The van der Waals surface area contributed by atoms with Crippen LogP contribution in [0.5, 0.6) is 0 Å². The van der Waals surface area contributed by atoms with Crippen LogP contribution >= 0.6 is 0 Å². The molecule has 6 aromatic rings. The van der Waals surface area contributed by atoms with Crippen LogP contribution in [0.2, 0.25) is 0 Å². The molecule has 0 aliphatic carbocycles. The molecule has 294 valence electrons. The number of carboxylic acid groups (broad SMARTS) is 2. The number of aromatic carboxylic acids is 2. The number of benzene rings is 6. The fourth-order valence-corrected chi connectivity index (χ4v) is 7.89. The topological polar surface area (TPSA) is 167 Å². The van der Waals surface area contributed by atoms with Gasteiger partial charge in [-0.25, -0.2) is 39.6 Å². The van der Waals surface area contributed by atoms with E-state index >= 15 is 0 Å². The smallest absolute Gasteiger partial charge is 0.335 e. The molecule has 57 heavy (non-hydrogen) atoms. The molecule has 15 heteroatoms. The van der Waals surface area contributed by atoms with Crippen molar-refractivity contribution in [2.75, 3.05) is 9.44 Å². The normalized spacial score (nSPS) is 11.2. The third-order valence-corrected chi connectivity index (χ3v) is 11.2. The number of halogens is 3. The summed E-state index contributed by atoms with van der Waals surface area (Å²) in [6.45, 7) is 0. The fraction of sp³-hybridized carbons (Fsp3) is 0.0952. The van der Waals surface area contributed by atoms with Gasteiger partial charge in [0.25, 0.3) is 20.0 Å². The first-order chi connectivity index (χ1) is 27.1. The van der Waals surface area contributed by atoms with E-state index in [1.807, 2.05) is 18.2 Å². The largest absolute Gasteiger partial charge is 0.478 e. The second-order valence-electron chi connectivity index (χ2n) is 12.6. The van der Waals surface area contributed by atoms with Gasteiger partial charge in [-0.05, 0) is 121 Å². The van der Waals surface area contributed by atoms with Gasteiger partial charge in [-0.15, -0.1) is 0 Å². The molecule has 0 saturated heterocycles. The van der Waals surface area contributed by atoms with Gasteiger partial charge in [0, 0.05) is 17.4 Å². The second-order valence-corrected chi connectivity index (χ2v) is 15.9. The molecule has 0 heterocycles. The van der Waals surface area contributed by atoms with Crippen molar-refractivity contribution in [3.05, 3.63) is 190 Å². The molecule has 10 nitrogen and oxygen atoms in total. The molecule has 0 radical (unpaired) electrons. The highest BCUT2D eigenvalue weighted by atomic mass is 32.2. The number of nitrogens with one attached hydrogen (secondary N) is 2. The van der Waals surface area contributed by atoms with Crippen molar-refractivity contribution in [1.82, 2.24) is 0 Å². The van der Waals surface area contributed by atoms with E-state index in [4.69, 9.17) is 10.2 Å². The maximum atomic E-state index is 13.8. The second kappa shape index (κ2) is 18.5. The summed E-state index contributed by atoms with van der Waals surface area (Å²) in [6, 6.07) is 34.1. The molecule has 6 rings (SSSR count). The minimum Gasteiger partial charge on any atom is -0.478 e. The lowest BCUT2D eigenvalue weighted by molar-refractivity contribution is 0.0686. The van der Waals surface area contributed by atoms with E-state index < -0.39 is 59.2 Å². The van der Waals surface area contributed by atoms with Crippen molar-refractivity contribution in [2.24, 2.45) is 0 Å². The lowest BCUT2D eigenvalue weighted by Crippen LogP contribution is -2.15. The van der Waals surface area contributed by atoms with Gasteiger partial charge in [0.2, 0.25) is 0 Å². The quantitative estimate of drug-likeness (QED) is 0.0851. The molecule has 0 amide bonds. The van der Waals surface area contributed by atoms with Gasteiger partial charge in [-0.1, -0.05) is 60.7 Å². The SMILES string of the molecule is O=C(O)c1cccc(CCc2cccc(NS(=O)(=O)c3ccc(F)cc3F)c2)c1.O=C(O)c1cccc(CCc2cccc(NS(=O)(=O)c3ccccc3F)c2)c1. The summed E-state index contributed by atoms with van der Waals surface area (Å²) in [5.74, 6) is -4.84. The van der Waals surface area contributed by atoms with E-state index in [2.05, 4.69) is 9.44 Å². The number of anilines is 2. The van der Waals surface area contributed by atoms with Crippen LogP contribution in [0.4, 0.5) is 24.5 Å². The van der Waals surface area contributed by atoms with Crippen LogP contribution in [0.15, 0.2) is 149 Å². The maximum absolute atomic E-state index is 13.8. The summed E-state index contributed by atoms with van der Waals surface area (Å²) in [7, 11) is -8.25. The molecule has 6 aromatic carbocycles. The fourth-order valence-electron chi connectivity index (χ4n) is 5.65. The molecule has 4 N–H and O–H groups in total. The lowest BCUT2D eigenvalue weighted by atomic mass is 10.0. The van der Waals surface area contributed by atoms with Crippen LogP contribution in [0.1, 0.15) is 43.0 Å². The number of carbonyl (C=O) groups is 2. The summed E-state index contributed by atoms with van der Waals surface area (Å²) in [4.78, 5) is 21.1. The average molecular weight is 817 g/mol. The Kier molecular flexibility index (Phi) is 13.5. The van der Waals surface area contributed by atoms with Crippen molar-refractivity contribution in [3.8, 4) is 0 Å². The Morgan fingerprint density at radius 2 is 0.860 bits per heavy atom. The standard InChI is InChI=1S/C21H17F2NO4S.C21H18FNO4S/c22-17-9-10-20(19(23)13-17)29(27,28)24-18-6-2-4-15(12-18)8-7-14-3-1-5-16(11-14)21(25)26;22-19-9-1-2-10-20(19)28(26,27)23-18-8-4-6-16(14-18)12-11-15-5-3-7-17(13-15)21(24)25/h1-6,9-13,24H,7-8H2,(H,25,26);1-10,13-14,23H,11-12H2,(H,24,25). The monoisotopic (exact) mass is 816 g/mol. The Morgan fingerprint density at radius 3 is 1.28 bits per heavy atom. The van der Waals surface area contributed by atoms with Crippen molar-refractivity contribution in [3.63, 3.8) is 0 Å². The molecule has 0 fully saturated rings. The van der Waals surface area contributed by atoms with Crippen molar-refractivity contribution >= 4 is 43.4 Å². The molecule has 0 atom stereocenters. The summed E-state index contributed by atoms with van der Waals surface area (Å²) >= 11 is 0. The van der Waals surface area contributed by atoms with Crippen LogP contribution in [0.3, 0.4) is 0 Å². The molecule has 0 bridgehead atoms. The molecule has 0 spiro atoms. The third-order valence-electron chi connectivity index (χ3n) is 8.42. The van der Waals surface area contributed by atoms with E-state index in [-0.39, 0.29) is 16.8 Å². The molecular formula is C42H35F3N2O8S2. The number of hydrogen-bond donors (Lipinski definition) is 4. The van der Waals surface area contributed by atoms with Gasteiger partial charge in [-0.3, -0.25) is 9.44 Å². The van der Waals surface area contributed by atoms with Gasteiger partial charge in [0.05, 0.1) is 11.1 Å². The Labute approximate surface area is 327 Å². The van der Waals surface area contributed by atoms with Crippen molar-refractivity contribution in [2.45, 2.75) is 35.5 Å². The average Bonchev–Trinajstić information content (AvgIpc) is 3.16. The van der Waals surface area contributed by atoms with Crippen LogP contribution in [0, 0.1) is 17.5 Å². The van der Waals surface area contributed by atoms with Gasteiger partial charge in [0.15, 0.2) is 0 Å². The number of rotatable bonds is 14. The first-order valence-electron chi connectivity index (χ1n) is 17.2. The van der Waals surface area contributed by atoms with Crippen molar-refractivity contribution < 1.29 is 49.8 Å². The zero-order valence-corrected chi connectivity index (χ0v) is 31.5. The number of carboxylic acids is 2. The summed E-state index contributed by atoms with van der Waals surface area (Å²) < 4.78 is 94.9. The van der Waals surface area contributed by atoms with Crippen LogP contribution in [-0.4, -0.2) is 39.0 Å². The van der Waals surface area contributed by atoms with E-state index in [1.165, 1.54) is 36.4 Å². The van der Waals surface area contributed by atoms with Crippen LogP contribution in [0.25, 0.3) is 0 Å². The Morgan fingerprint density at radius 1 is 0.456 bits per heavy atom. The zero-order valence-electron chi connectivity index (χ0n) is 29.9. The van der Waals surface area contributed by atoms with Crippen LogP contribution < -0.4 is 9.44 Å². The number of aryl methyl sites for hydroxylation is 4. The highest BCUT2D eigenvalue weighted by Crippen LogP contribution is 2.23. The number of sulfonamides is 2. The van der Waals surface area contributed by atoms with Crippen LogP contribution in [-0.2, 0) is 45.7 Å². The highest BCUT2D eigenvalue weighted by molar-refractivity contribution is 7.93. The molecule has 0 aromatic heterocycles.